The van der Waals surface area contributed by atoms with Crippen molar-refractivity contribution in [3.05, 3.63) is 19.5 Å². The normalized spacial score (nSPS) is 11.2. The summed E-state index contributed by atoms with van der Waals surface area (Å²) in [6, 6.07) is 2.00. The van der Waals surface area contributed by atoms with Gasteiger partial charge in [0.15, 0.2) is 5.82 Å². The second-order valence-corrected chi connectivity index (χ2v) is 8.52. The number of aromatic nitrogens is 2. The molecule has 110 valence electrons. The molecular formula is C14H18Br2N2OS. The first kappa shape index (κ1) is 16.2. The molecule has 0 unspecified atom stereocenters. The highest BCUT2D eigenvalue weighted by atomic mass is 79.9. The van der Waals surface area contributed by atoms with Crippen molar-refractivity contribution in [2.24, 2.45) is 0 Å². The molecule has 20 heavy (non-hydrogen) atoms. The van der Waals surface area contributed by atoms with Gasteiger partial charge in [0, 0.05) is 6.42 Å². The molecule has 0 saturated heterocycles. The first-order valence-electron chi connectivity index (χ1n) is 6.98. The maximum absolute atomic E-state index is 5.34. The minimum atomic E-state index is 0.597. The Morgan fingerprint density at radius 2 is 1.90 bits per heavy atom. The number of rotatable bonds is 8. The summed E-state index contributed by atoms with van der Waals surface area (Å²) >= 11 is 8.58. The zero-order valence-electron chi connectivity index (χ0n) is 11.5. The first-order chi connectivity index (χ1) is 9.70. The Hall–Kier alpha value is -0.200. The van der Waals surface area contributed by atoms with E-state index in [4.69, 9.17) is 4.52 Å². The lowest BCUT2D eigenvalue weighted by atomic mass is 10.1. The molecule has 3 nitrogen and oxygen atoms in total. The van der Waals surface area contributed by atoms with E-state index in [1.54, 1.807) is 11.3 Å². The first-order valence-corrected chi connectivity index (χ1v) is 9.38. The van der Waals surface area contributed by atoms with Gasteiger partial charge < -0.3 is 4.52 Å². The predicted molar refractivity (Wildman–Crippen MR) is 90.1 cm³/mol. The van der Waals surface area contributed by atoms with Gasteiger partial charge in [-0.2, -0.15) is 4.98 Å². The van der Waals surface area contributed by atoms with Gasteiger partial charge in [-0.25, -0.2) is 0 Å². The average molecular weight is 422 g/mol. The molecule has 0 fully saturated rings. The molecule has 0 aliphatic heterocycles. The summed E-state index contributed by atoms with van der Waals surface area (Å²) < 4.78 is 7.40. The number of halogens is 2. The minimum Gasteiger partial charge on any atom is -0.334 e. The van der Waals surface area contributed by atoms with Crippen molar-refractivity contribution in [2.45, 2.75) is 51.9 Å². The van der Waals surface area contributed by atoms with E-state index in [0.717, 1.165) is 31.8 Å². The highest BCUT2D eigenvalue weighted by Crippen LogP contribution is 2.37. The zero-order chi connectivity index (χ0) is 14.4. The van der Waals surface area contributed by atoms with E-state index >= 15 is 0 Å². The number of thiophene rings is 1. The van der Waals surface area contributed by atoms with Crippen molar-refractivity contribution in [2.75, 3.05) is 0 Å². The Morgan fingerprint density at radius 3 is 2.60 bits per heavy atom. The second-order valence-electron chi connectivity index (χ2n) is 4.77. The highest BCUT2D eigenvalue weighted by molar-refractivity contribution is 9.12. The predicted octanol–water partition coefficient (Wildman–Crippen LogP) is 6.23. The van der Waals surface area contributed by atoms with Gasteiger partial charge in [0.25, 0.3) is 5.89 Å². The molecule has 0 spiro atoms. The van der Waals surface area contributed by atoms with Crippen LogP contribution in [0.5, 0.6) is 0 Å². The quantitative estimate of drug-likeness (QED) is 0.474. The molecular weight excluding hydrogens is 404 g/mol. The third-order valence-electron chi connectivity index (χ3n) is 3.11. The topological polar surface area (TPSA) is 38.9 Å². The van der Waals surface area contributed by atoms with Gasteiger partial charge >= 0.3 is 0 Å². The van der Waals surface area contributed by atoms with Gasteiger partial charge in [-0.3, -0.25) is 0 Å². The Labute approximate surface area is 140 Å². The van der Waals surface area contributed by atoms with Gasteiger partial charge in [0.1, 0.15) is 0 Å². The Balaban J connectivity index is 1.82. The molecule has 2 rings (SSSR count). The van der Waals surface area contributed by atoms with Gasteiger partial charge in [0.05, 0.1) is 13.1 Å². The van der Waals surface area contributed by atoms with E-state index < -0.39 is 0 Å². The van der Waals surface area contributed by atoms with Crippen LogP contribution in [-0.2, 0) is 6.42 Å². The van der Waals surface area contributed by atoms with Crippen LogP contribution < -0.4 is 0 Å². The van der Waals surface area contributed by atoms with E-state index in [1.807, 2.05) is 6.07 Å². The van der Waals surface area contributed by atoms with Crippen molar-refractivity contribution in [1.29, 1.82) is 0 Å². The lowest BCUT2D eigenvalue weighted by Crippen LogP contribution is -1.89. The average Bonchev–Trinajstić information content (AvgIpc) is 3.00. The molecule has 0 aliphatic rings. The van der Waals surface area contributed by atoms with Crippen LogP contribution in [0, 0.1) is 0 Å². The largest absolute Gasteiger partial charge is 0.334 e. The van der Waals surface area contributed by atoms with Crippen LogP contribution in [0.25, 0.3) is 11.5 Å². The monoisotopic (exact) mass is 420 g/mol. The van der Waals surface area contributed by atoms with Gasteiger partial charge in [0.2, 0.25) is 0 Å². The smallest absolute Gasteiger partial charge is 0.259 e. The van der Waals surface area contributed by atoms with Crippen molar-refractivity contribution in [3.8, 4) is 11.5 Å². The lowest BCUT2D eigenvalue weighted by Gasteiger charge is -1.97. The van der Waals surface area contributed by atoms with Gasteiger partial charge in [-0.15, -0.1) is 11.3 Å². The van der Waals surface area contributed by atoms with Gasteiger partial charge in [-0.05, 0) is 44.3 Å². The van der Waals surface area contributed by atoms with Crippen molar-refractivity contribution in [3.63, 3.8) is 0 Å². The SMILES string of the molecule is CCCCCCCCc1noc(-c2cc(Br)sc2Br)n1. The molecule has 0 bridgehead atoms. The number of aryl methyl sites for hydroxylation is 1. The molecule has 0 aromatic carbocycles. The summed E-state index contributed by atoms with van der Waals surface area (Å²) in [7, 11) is 0. The van der Waals surface area contributed by atoms with E-state index in [9.17, 15) is 0 Å². The molecule has 2 aromatic rings. The highest BCUT2D eigenvalue weighted by Gasteiger charge is 2.14. The van der Waals surface area contributed by atoms with E-state index in [2.05, 4.69) is 48.9 Å². The molecule has 0 N–H and O–H groups in total. The third kappa shape index (κ3) is 4.67. The van der Waals surface area contributed by atoms with Crippen LogP contribution in [0.15, 0.2) is 18.2 Å². The third-order valence-corrected chi connectivity index (χ3v) is 5.45. The molecule has 2 heterocycles. The van der Waals surface area contributed by atoms with Crippen molar-refractivity contribution >= 4 is 43.2 Å². The fraction of sp³-hybridized carbons (Fsp3) is 0.571. The number of hydrogen-bond acceptors (Lipinski definition) is 4. The summed E-state index contributed by atoms with van der Waals surface area (Å²) in [5.41, 5.74) is 0.962. The van der Waals surface area contributed by atoms with E-state index in [1.165, 1.54) is 32.1 Å². The minimum absolute atomic E-state index is 0.597. The number of unbranched alkanes of at least 4 members (excludes halogenated alkanes) is 5. The Bertz CT molecular complexity index is 539. The molecule has 0 atom stereocenters. The molecule has 0 amide bonds. The van der Waals surface area contributed by atoms with E-state index in [-0.39, 0.29) is 0 Å². The number of hydrogen-bond donors (Lipinski definition) is 0. The number of nitrogens with zero attached hydrogens (tertiary/aromatic N) is 2. The van der Waals surface area contributed by atoms with Crippen molar-refractivity contribution in [1.82, 2.24) is 10.1 Å². The molecule has 0 radical (unpaired) electrons. The summed E-state index contributed by atoms with van der Waals surface area (Å²) in [5, 5.41) is 4.06. The Morgan fingerprint density at radius 1 is 1.15 bits per heavy atom. The van der Waals surface area contributed by atoms with Crippen LogP contribution >= 0.6 is 43.2 Å². The summed E-state index contributed by atoms with van der Waals surface area (Å²) in [6.45, 7) is 2.24. The summed E-state index contributed by atoms with van der Waals surface area (Å²) in [6.07, 6.45) is 8.56. The van der Waals surface area contributed by atoms with Crippen LogP contribution in [0.4, 0.5) is 0 Å². The maximum atomic E-state index is 5.34. The second kappa shape index (κ2) is 8.29. The van der Waals surface area contributed by atoms with Crippen LogP contribution in [0.1, 0.15) is 51.3 Å². The van der Waals surface area contributed by atoms with Gasteiger partial charge in [-0.1, -0.05) is 44.2 Å². The fourth-order valence-corrected chi connectivity index (χ4v) is 4.79. The summed E-state index contributed by atoms with van der Waals surface area (Å²) in [4.78, 5) is 4.47. The lowest BCUT2D eigenvalue weighted by molar-refractivity contribution is 0.421. The van der Waals surface area contributed by atoms with Crippen molar-refractivity contribution < 1.29 is 4.52 Å². The molecule has 0 aliphatic carbocycles. The van der Waals surface area contributed by atoms with E-state index in [0.29, 0.717) is 5.89 Å². The molecule has 6 heteroatoms. The molecule has 2 aromatic heterocycles. The fourth-order valence-electron chi connectivity index (χ4n) is 2.01. The Kier molecular flexibility index (Phi) is 6.71. The molecule has 0 saturated carbocycles. The van der Waals surface area contributed by atoms with Crippen LogP contribution in [0.3, 0.4) is 0 Å². The summed E-state index contributed by atoms with van der Waals surface area (Å²) in [5.74, 6) is 1.41. The maximum Gasteiger partial charge on any atom is 0.259 e. The van der Waals surface area contributed by atoms with Crippen LogP contribution in [-0.4, -0.2) is 10.1 Å². The standard InChI is InChI=1S/C14H18Br2N2OS/c1-2-3-4-5-6-7-8-12-17-14(19-18-12)10-9-11(15)20-13(10)16/h9H,2-8H2,1H3. The van der Waals surface area contributed by atoms with Crippen LogP contribution in [0.2, 0.25) is 0 Å². The zero-order valence-corrected chi connectivity index (χ0v) is 15.5.